The molecule has 5 amide bonds. The van der Waals surface area contributed by atoms with Gasteiger partial charge in [-0.2, -0.15) is 0 Å². The van der Waals surface area contributed by atoms with E-state index in [1.54, 1.807) is 38.1 Å². The SMILES string of the molecule is CCC[NH+](CC(=O)Nc1ccccc1OC)CN1C(=O)C(=O)N(C(C)C)C1=O. The first-order valence-electron chi connectivity index (χ1n) is 9.25. The van der Waals surface area contributed by atoms with Gasteiger partial charge in [0.1, 0.15) is 5.75 Å². The topological polar surface area (TPSA) is 100 Å². The summed E-state index contributed by atoms with van der Waals surface area (Å²) in [5.74, 6) is -1.41. The van der Waals surface area contributed by atoms with Crippen molar-refractivity contribution in [3.8, 4) is 5.75 Å². The highest BCUT2D eigenvalue weighted by Gasteiger charge is 2.47. The van der Waals surface area contributed by atoms with Gasteiger partial charge in [-0.05, 0) is 32.4 Å². The van der Waals surface area contributed by atoms with Crippen LogP contribution in [0.25, 0.3) is 0 Å². The summed E-state index contributed by atoms with van der Waals surface area (Å²) < 4.78 is 5.22. The van der Waals surface area contributed by atoms with Crippen molar-refractivity contribution in [2.24, 2.45) is 0 Å². The number of imide groups is 2. The molecule has 1 aliphatic rings. The molecular weight excluding hydrogens is 364 g/mol. The number of hydrogen-bond acceptors (Lipinski definition) is 5. The average Bonchev–Trinajstić information content (AvgIpc) is 2.85. The number of rotatable bonds is 9. The molecule has 0 bridgehead atoms. The molecular formula is C19H27N4O5+. The van der Waals surface area contributed by atoms with Gasteiger partial charge in [0.15, 0.2) is 13.2 Å². The highest BCUT2D eigenvalue weighted by atomic mass is 16.5. The number of benzene rings is 1. The Balaban J connectivity index is 2.07. The summed E-state index contributed by atoms with van der Waals surface area (Å²) in [5, 5.41) is 2.78. The Morgan fingerprint density at radius 2 is 1.86 bits per heavy atom. The fraction of sp³-hybridized carbons (Fsp3) is 0.474. The highest BCUT2D eigenvalue weighted by Crippen LogP contribution is 2.22. The average molecular weight is 391 g/mol. The number of carbonyl (C=O) groups is 4. The maximum atomic E-state index is 12.5. The first kappa shape index (κ1) is 21.4. The number of nitrogens with one attached hydrogen (secondary N) is 2. The second-order valence-corrected chi connectivity index (χ2v) is 6.87. The van der Waals surface area contributed by atoms with E-state index in [9.17, 15) is 19.2 Å². The summed E-state index contributed by atoms with van der Waals surface area (Å²) in [6, 6.07) is 6.00. The lowest BCUT2D eigenvalue weighted by Gasteiger charge is -2.23. The monoisotopic (exact) mass is 391 g/mol. The summed E-state index contributed by atoms with van der Waals surface area (Å²) in [6.07, 6.45) is 0.745. The van der Waals surface area contributed by atoms with E-state index < -0.39 is 23.9 Å². The molecule has 1 fully saturated rings. The molecule has 1 heterocycles. The molecule has 0 aliphatic carbocycles. The van der Waals surface area contributed by atoms with Crippen LogP contribution in [0.5, 0.6) is 5.75 Å². The zero-order valence-corrected chi connectivity index (χ0v) is 16.7. The standard InChI is InChI=1S/C19H26N4O5/c1-5-10-21(11-16(24)20-14-8-6-7-9-15(14)28-4)12-22-17(25)18(26)23(13(2)3)19(22)27/h6-9,13H,5,10-12H2,1-4H3,(H,20,24)/p+1. The van der Waals surface area contributed by atoms with Gasteiger partial charge in [0.25, 0.3) is 5.91 Å². The summed E-state index contributed by atoms with van der Waals surface area (Å²) in [7, 11) is 1.52. The normalized spacial score (nSPS) is 15.4. The smallest absolute Gasteiger partial charge is 0.338 e. The second-order valence-electron chi connectivity index (χ2n) is 6.87. The van der Waals surface area contributed by atoms with Gasteiger partial charge in [-0.1, -0.05) is 19.1 Å². The van der Waals surface area contributed by atoms with E-state index >= 15 is 0 Å². The van der Waals surface area contributed by atoms with Crippen LogP contribution in [0.2, 0.25) is 0 Å². The fourth-order valence-electron chi connectivity index (χ4n) is 3.09. The number of para-hydroxylation sites is 2. The van der Waals surface area contributed by atoms with Crippen molar-refractivity contribution in [3.63, 3.8) is 0 Å². The third-order valence-electron chi connectivity index (χ3n) is 4.38. The van der Waals surface area contributed by atoms with Crippen LogP contribution in [-0.2, 0) is 14.4 Å². The van der Waals surface area contributed by atoms with E-state index in [0.717, 1.165) is 16.2 Å². The summed E-state index contributed by atoms with van der Waals surface area (Å²) in [6.45, 7) is 5.84. The Morgan fingerprint density at radius 1 is 1.18 bits per heavy atom. The molecule has 2 rings (SSSR count). The minimum atomic E-state index is -0.850. The van der Waals surface area contributed by atoms with Gasteiger partial charge < -0.3 is 15.0 Å². The van der Waals surface area contributed by atoms with Crippen molar-refractivity contribution < 1.29 is 28.8 Å². The Bertz CT molecular complexity index is 764. The minimum absolute atomic E-state index is 0.0405. The molecule has 1 aliphatic heterocycles. The van der Waals surface area contributed by atoms with Crippen molar-refractivity contribution in [1.82, 2.24) is 9.80 Å². The van der Waals surface area contributed by atoms with Crippen LogP contribution in [0.1, 0.15) is 27.2 Å². The number of anilines is 1. The van der Waals surface area contributed by atoms with Crippen molar-refractivity contribution in [2.75, 3.05) is 32.2 Å². The number of urea groups is 1. The van der Waals surface area contributed by atoms with Gasteiger partial charge in [-0.25, -0.2) is 9.69 Å². The molecule has 0 radical (unpaired) electrons. The molecule has 0 spiro atoms. The molecule has 0 saturated carbocycles. The molecule has 28 heavy (non-hydrogen) atoms. The third-order valence-corrected chi connectivity index (χ3v) is 4.38. The maximum absolute atomic E-state index is 12.5. The molecule has 1 saturated heterocycles. The first-order chi connectivity index (χ1) is 13.3. The lowest BCUT2D eigenvalue weighted by atomic mass is 10.3. The van der Waals surface area contributed by atoms with Gasteiger partial charge in [-0.3, -0.25) is 19.3 Å². The van der Waals surface area contributed by atoms with Crippen molar-refractivity contribution in [3.05, 3.63) is 24.3 Å². The Kier molecular flexibility index (Phi) is 7.11. The van der Waals surface area contributed by atoms with Crippen LogP contribution in [0.4, 0.5) is 10.5 Å². The molecule has 0 aromatic heterocycles. The number of amides is 5. The lowest BCUT2D eigenvalue weighted by Crippen LogP contribution is -3.14. The predicted molar refractivity (Wildman–Crippen MR) is 102 cm³/mol. The van der Waals surface area contributed by atoms with Crippen LogP contribution < -0.4 is 15.0 Å². The molecule has 1 atom stereocenters. The molecule has 1 aromatic carbocycles. The van der Waals surface area contributed by atoms with Gasteiger partial charge >= 0.3 is 17.8 Å². The zero-order chi connectivity index (χ0) is 20.8. The fourth-order valence-corrected chi connectivity index (χ4v) is 3.09. The van der Waals surface area contributed by atoms with E-state index in [4.69, 9.17) is 4.74 Å². The lowest BCUT2D eigenvalue weighted by molar-refractivity contribution is -0.899. The van der Waals surface area contributed by atoms with E-state index in [-0.39, 0.29) is 19.1 Å². The number of hydrogen-bond donors (Lipinski definition) is 2. The number of nitrogens with zero attached hydrogens (tertiary/aromatic N) is 2. The second kappa shape index (κ2) is 9.32. The van der Waals surface area contributed by atoms with Gasteiger partial charge in [0.2, 0.25) is 0 Å². The number of carbonyl (C=O) groups excluding carboxylic acids is 4. The van der Waals surface area contributed by atoms with Gasteiger partial charge in [0.05, 0.1) is 19.3 Å². The summed E-state index contributed by atoms with van der Waals surface area (Å²) in [4.78, 5) is 51.8. The highest BCUT2D eigenvalue weighted by molar-refractivity contribution is 6.44. The van der Waals surface area contributed by atoms with E-state index in [2.05, 4.69) is 5.32 Å². The van der Waals surface area contributed by atoms with Crippen LogP contribution in [0, 0.1) is 0 Å². The summed E-state index contributed by atoms with van der Waals surface area (Å²) >= 11 is 0. The molecule has 9 heteroatoms. The van der Waals surface area contributed by atoms with Gasteiger partial charge in [-0.15, -0.1) is 0 Å². The van der Waals surface area contributed by atoms with Crippen LogP contribution >= 0.6 is 0 Å². The molecule has 9 nitrogen and oxygen atoms in total. The number of quaternary nitrogens is 1. The van der Waals surface area contributed by atoms with Crippen LogP contribution in [0.15, 0.2) is 24.3 Å². The Morgan fingerprint density at radius 3 is 2.43 bits per heavy atom. The van der Waals surface area contributed by atoms with Crippen LogP contribution in [0.3, 0.4) is 0 Å². The Hall–Kier alpha value is -2.94. The van der Waals surface area contributed by atoms with E-state index in [1.807, 2.05) is 6.92 Å². The largest absolute Gasteiger partial charge is 0.495 e. The number of methoxy groups -OCH3 is 1. The van der Waals surface area contributed by atoms with Crippen molar-refractivity contribution >= 4 is 29.4 Å². The van der Waals surface area contributed by atoms with Crippen molar-refractivity contribution in [2.45, 2.75) is 33.2 Å². The number of ether oxygens (including phenoxy) is 1. The van der Waals surface area contributed by atoms with E-state index in [0.29, 0.717) is 22.9 Å². The maximum Gasteiger partial charge on any atom is 0.338 e. The minimum Gasteiger partial charge on any atom is -0.495 e. The van der Waals surface area contributed by atoms with E-state index in [1.165, 1.54) is 7.11 Å². The Labute approximate surface area is 164 Å². The van der Waals surface area contributed by atoms with Crippen molar-refractivity contribution in [1.29, 1.82) is 0 Å². The molecule has 2 N–H and O–H groups in total. The molecule has 1 aromatic rings. The summed E-state index contributed by atoms with van der Waals surface area (Å²) in [5.41, 5.74) is 0.542. The molecule has 1 unspecified atom stereocenters. The first-order valence-corrected chi connectivity index (χ1v) is 9.25. The zero-order valence-electron chi connectivity index (χ0n) is 16.7. The van der Waals surface area contributed by atoms with Gasteiger partial charge in [0, 0.05) is 6.04 Å². The molecule has 152 valence electrons. The quantitative estimate of drug-likeness (QED) is 0.459. The predicted octanol–water partition coefficient (Wildman–Crippen LogP) is 0.0853. The van der Waals surface area contributed by atoms with Crippen LogP contribution in [-0.4, -0.2) is 66.5 Å². The third kappa shape index (κ3) is 4.66.